The number of hydrogen-bond donors (Lipinski definition) is 2. The number of benzene rings is 1. The fourth-order valence-corrected chi connectivity index (χ4v) is 2.48. The number of aliphatic hydroxyl groups is 1. The lowest BCUT2D eigenvalue weighted by Crippen LogP contribution is -2.39. The van der Waals surface area contributed by atoms with Gasteiger partial charge in [-0.25, -0.2) is 0 Å². The Labute approximate surface area is 110 Å². The Morgan fingerprint density at radius 1 is 1.33 bits per heavy atom. The summed E-state index contributed by atoms with van der Waals surface area (Å²) in [7, 11) is 0. The number of aryl methyl sites for hydroxylation is 1. The van der Waals surface area contributed by atoms with Gasteiger partial charge in [-0.2, -0.15) is 0 Å². The summed E-state index contributed by atoms with van der Waals surface area (Å²) in [4.78, 5) is 2.40. The molecule has 3 N–H and O–H groups in total. The predicted molar refractivity (Wildman–Crippen MR) is 75.9 cm³/mol. The highest BCUT2D eigenvalue weighted by molar-refractivity contribution is 5.54. The van der Waals surface area contributed by atoms with Gasteiger partial charge in [-0.15, -0.1) is 0 Å². The molecule has 18 heavy (non-hydrogen) atoms. The van der Waals surface area contributed by atoms with Crippen LogP contribution in [0.5, 0.6) is 0 Å². The first kappa shape index (κ1) is 13.4. The monoisotopic (exact) mass is 248 g/mol. The molecule has 3 heteroatoms. The van der Waals surface area contributed by atoms with E-state index in [2.05, 4.69) is 29.2 Å². The van der Waals surface area contributed by atoms with Gasteiger partial charge in [-0.05, 0) is 44.2 Å². The molecule has 0 aliphatic carbocycles. The summed E-state index contributed by atoms with van der Waals surface area (Å²) in [6.07, 6.45) is 4.36. The molecular weight excluding hydrogens is 224 g/mol. The van der Waals surface area contributed by atoms with Crippen LogP contribution in [0.15, 0.2) is 24.3 Å². The zero-order chi connectivity index (χ0) is 13.0. The van der Waals surface area contributed by atoms with Crippen molar-refractivity contribution in [3.63, 3.8) is 0 Å². The number of hydrogen-bond acceptors (Lipinski definition) is 3. The Kier molecular flexibility index (Phi) is 4.25. The van der Waals surface area contributed by atoms with Crippen LogP contribution >= 0.6 is 0 Å². The highest BCUT2D eigenvalue weighted by atomic mass is 16.3. The minimum Gasteiger partial charge on any atom is -0.389 e. The Morgan fingerprint density at radius 3 is 2.89 bits per heavy atom. The smallest absolute Gasteiger partial charge is 0.0758 e. The van der Waals surface area contributed by atoms with E-state index in [0.29, 0.717) is 6.54 Å². The maximum absolute atomic E-state index is 10.0. The molecule has 1 aromatic rings. The van der Waals surface area contributed by atoms with Gasteiger partial charge in [0, 0.05) is 25.3 Å². The van der Waals surface area contributed by atoms with Gasteiger partial charge < -0.3 is 15.7 Å². The molecule has 2 rings (SSSR count). The summed E-state index contributed by atoms with van der Waals surface area (Å²) in [6, 6.07) is 8.61. The quantitative estimate of drug-likeness (QED) is 0.856. The second-order valence-corrected chi connectivity index (χ2v) is 5.52. The second-order valence-electron chi connectivity index (χ2n) is 5.52. The normalized spacial score (nSPS) is 18.9. The molecule has 0 amide bonds. The van der Waals surface area contributed by atoms with Crippen molar-refractivity contribution in [2.75, 3.05) is 24.5 Å². The average Bonchev–Trinajstić information content (AvgIpc) is 2.59. The van der Waals surface area contributed by atoms with Crippen LogP contribution < -0.4 is 10.6 Å². The molecule has 1 aromatic carbocycles. The lowest BCUT2D eigenvalue weighted by Gasteiger charge is -2.29. The van der Waals surface area contributed by atoms with Gasteiger partial charge in [-0.3, -0.25) is 0 Å². The van der Waals surface area contributed by atoms with Gasteiger partial charge in [0.25, 0.3) is 0 Å². The second kappa shape index (κ2) is 5.72. The van der Waals surface area contributed by atoms with Crippen molar-refractivity contribution in [2.24, 2.45) is 5.73 Å². The standard InChI is InChI=1S/C15H24N2O/c1-15(18,12-16)9-11-17-10-5-4-7-13-6-2-3-8-14(13)17/h2-3,6,8,18H,4-5,7,9-12,16H2,1H3. The van der Waals surface area contributed by atoms with E-state index in [1.165, 1.54) is 30.5 Å². The molecule has 0 aromatic heterocycles. The number of anilines is 1. The number of para-hydroxylation sites is 1. The number of nitrogens with zero attached hydrogens (tertiary/aromatic N) is 1. The van der Waals surface area contributed by atoms with E-state index in [-0.39, 0.29) is 0 Å². The van der Waals surface area contributed by atoms with Crippen LogP contribution in [0.4, 0.5) is 5.69 Å². The van der Waals surface area contributed by atoms with Crippen LogP contribution in [0.25, 0.3) is 0 Å². The molecule has 0 spiro atoms. The zero-order valence-corrected chi connectivity index (χ0v) is 11.2. The topological polar surface area (TPSA) is 49.5 Å². The third-order valence-electron chi connectivity index (χ3n) is 3.82. The predicted octanol–water partition coefficient (Wildman–Crippen LogP) is 1.93. The third-order valence-corrected chi connectivity index (χ3v) is 3.82. The minimum atomic E-state index is -0.749. The molecule has 1 aliphatic rings. The Bertz CT molecular complexity index is 390. The van der Waals surface area contributed by atoms with E-state index < -0.39 is 5.60 Å². The Hall–Kier alpha value is -1.06. The first-order valence-electron chi connectivity index (χ1n) is 6.88. The zero-order valence-electron chi connectivity index (χ0n) is 11.2. The van der Waals surface area contributed by atoms with Crippen molar-refractivity contribution >= 4 is 5.69 Å². The molecule has 0 bridgehead atoms. The molecule has 1 aliphatic heterocycles. The van der Waals surface area contributed by atoms with Crippen LogP contribution in [0, 0.1) is 0 Å². The molecule has 0 fully saturated rings. The number of fused-ring (bicyclic) bond motifs is 1. The van der Waals surface area contributed by atoms with Crippen molar-refractivity contribution in [3.8, 4) is 0 Å². The molecule has 0 saturated heterocycles. The maximum Gasteiger partial charge on any atom is 0.0758 e. The SMILES string of the molecule is CC(O)(CN)CCN1CCCCc2ccccc21. The van der Waals surface area contributed by atoms with Crippen LogP contribution in [-0.4, -0.2) is 30.3 Å². The molecule has 1 unspecified atom stereocenters. The molecular formula is C15H24N2O. The summed E-state index contributed by atoms with van der Waals surface area (Å²) in [6.45, 7) is 4.10. The highest BCUT2D eigenvalue weighted by Gasteiger charge is 2.21. The van der Waals surface area contributed by atoms with Gasteiger partial charge >= 0.3 is 0 Å². The molecule has 1 heterocycles. The molecule has 100 valence electrons. The Morgan fingerprint density at radius 2 is 2.11 bits per heavy atom. The fourth-order valence-electron chi connectivity index (χ4n) is 2.48. The van der Waals surface area contributed by atoms with Gasteiger partial charge in [0.15, 0.2) is 0 Å². The van der Waals surface area contributed by atoms with E-state index in [9.17, 15) is 5.11 Å². The summed E-state index contributed by atoms with van der Waals surface area (Å²) >= 11 is 0. The van der Waals surface area contributed by atoms with Crippen molar-refractivity contribution < 1.29 is 5.11 Å². The van der Waals surface area contributed by atoms with Gasteiger partial charge in [0.05, 0.1) is 5.60 Å². The average molecular weight is 248 g/mol. The molecule has 1 atom stereocenters. The third kappa shape index (κ3) is 3.24. The van der Waals surface area contributed by atoms with Crippen molar-refractivity contribution in [1.29, 1.82) is 0 Å². The summed E-state index contributed by atoms with van der Waals surface area (Å²) < 4.78 is 0. The summed E-state index contributed by atoms with van der Waals surface area (Å²) in [5, 5.41) is 10.0. The lowest BCUT2D eigenvalue weighted by molar-refractivity contribution is 0.0620. The number of nitrogens with two attached hydrogens (primary N) is 1. The van der Waals surface area contributed by atoms with Gasteiger partial charge in [0.1, 0.15) is 0 Å². The van der Waals surface area contributed by atoms with E-state index in [1.54, 1.807) is 0 Å². The first-order chi connectivity index (χ1) is 8.62. The van der Waals surface area contributed by atoms with Crippen LogP contribution in [-0.2, 0) is 6.42 Å². The fraction of sp³-hybridized carbons (Fsp3) is 0.600. The van der Waals surface area contributed by atoms with Crippen molar-refractivity contribution in [2.45, 2.75) is 38.2 Å². The largest absolute Gasteiger partial charge is 0.389 e. The molecule has 3 nitrogen and oxygen atoms in total. The van der Waals surface area contributed by atoms with Crippen LogP contribution in [0.2, 0.25) is 0 Å². The molecule has 0 radical (unpaired) electrons. The number of rotatable bonds is 4. The Balaban J connectivity index is 2.08. The maximum atomic E-state index is 10.0. The highest BCUT2D eigenvalue weighted by Crippen LogP contribution is 2.26. The van der Waals surface area contributed by atoms with E-state index in [4.69, 9.17) is 5.73 Å². The van der Waals surface area contributed by atoms with Crippen molar-refractivity contribution in [1.82, 2.24) is 0 Å². The van der Waals surface area contributed by atoms with E-state index in [1.807, 2.05) is 6.92 Å². The van der Waals surface area contributed by atoms with E-state index >= 15 is 0 Å². The van der Waals surface area contributed by atoms with Gasteiger partial charge in [-0.1, -0.05) is 18.2 Å². The minimum absolute atomic E-state index is 0.322. The van der Waals surface area contributed by atoms with E-state index in [0.717, 1.165) is 19.5 Å². The summed E-state index contributed by atoms with van der Waals surface area (Å²) in [5.74, 6) is 0. The van der Waals surface area contributed by atoms with Crippen LogP contribution in [0.1, 0.15) is 31.7 Å². The van der Waals surface area contributed by atoms with Gasteiger partial charge in [0.2, 0.25) is 0 Å². The molecule has 0 saturated carbocycles. The summed E-state index contributed by atoms with van der Waals surface area (Å²) in [5.41, 5.74) is 7.60. The lowest BCUT2D eigenvalue weighted by atomic mass is 10.0. The van der Waals surface area contributed by atoms with Crippen molar-refractivity contribution in [3.05, 3.63) is 29.8 Å². The van der Waals surface area contributed by atoms with Crippen LogP contribution in [0.3, 0.4) is 0 Å². The first-order valence-corrected chi connectivity index (χ1v) is 6.88.